The van der Waals surface area contributed by atoms with E-state index in [0.29, 0.717) is 5.82 Å². The number of fused-ring (bicyclic) bond motifs is 12. The highest BCUT2D eigenvalue weighted by Crippen LogP contribution is 2.41. The average Bonchev–Trinajstić information content (AvgIpc) is 4.26. The van der Waals surface area contributed by atoms with E-state index in [9.17, 15) is 0 Å². The summed E-state index contributed by atoms with van der Waals surface area (Å²) in [6.45, 7) is 0. The molecule has 0 N–H and O–H groups in total. The predicted octanol–water partition coefficient (Wildman–Crippen LogP) is 18.3. The molecule has 11 aromatic carbocycles. The number of rotatable bonds is 7. The zero-order valence-corrected chi connectivity index (χ0v) is 41.0. The van der Waals surface area contributed by atoms with E-state index in [4.69, 9.17) is 14.4 Å². The second-order valence-corrected chi connectivity index (χ2v) is 19.7. The molecule has 0 amide bonds. The molecule has 0 saturated heterocycles. The third-order valence-corrected chi connectivity index (χ3v) is 15.5. The van der Waals surface area contributed by atoms with Crippen LogP contribution in [-0.4, -0.2) is 23.7 Å². The molecule has 0 unspecified atom stereocenters. The second kappa shape index (κ2) is 16.6. The van der Waals surface area contributed by atoms with Crippen molar-refractivity contribution >= 4 is 87.4 Å². The summed E-state index contributed by atoms with van der Waals surface area (Å²) in [7, 11) is 0. The van der Waals surface area contributed by atoms with Gasteiger partial charge in [0.25, 0.3) is 0 Å². The van der Waals surface area contributed by atoms with Gasteiger partial charge in [-0.05, 0) is 119 Å². The first-order valence-electron chi connectivity index (χ1n) is 25.8. The monoisotopic (exact) mass is 969 g/mol. The average molecular weight is 970 g/mol. The van der Waals surface area contributed by atoms with Crippen LogP contribution in [0.15, 0.2) is 265 Å². The van der Waals surface area contributed by atoms with E-state index in [2.05, 4.69) is 244 Å². The van der Waals surface area contributed by atoms with Crippen molar-refractivity contribution in [2.75, 3.05) is 0 Å². The van der Waals surface area contributed by atoms with Crippen LogP contribution in [0.2, 0.25) is 0 Å². The molecule has 16 aromatic rings. The highest BCUT2D eigenvalue weighted by atomic mass is 16.3. The lowest BCUT2D eigenvalue weighted by Gasteiger charge is -2.13. The van der Waals surface area contributed by atoms with Gasteiger partial charge in [-0.2, -0.15) is 0 Å². The van der Waals surface area contributed by atoms with E-state index in [-0.39, 0.29) is 0 Å². The van der Waals surface area contributed by atoms with Crippen LogP contribution in [0.3, 0.4) is 0 Å². The Balaban J connectivity index is 0.793. The van der Waals surface area contributed by atoms with Gasteiger partial charge in [0.2, 0.25) is 0 Å². The fraction of sp³-hybridized carbons (Fsp3) is 0. The molecule has 0 spiro atoms. The summed E-state index contributed by atoms with van der Waals surface area (Å²) in [5.74, 6) is 1.47. The zero-order chi connectivity index (χ0) is 49.8. The van der Waals surface area contributed by atoms with E-state index in [1.54, 1.807) is 0 Å². The largest absolute Gasteiger partial charge is 0.456 e. The molecule has 354 valence electrons. The molecule has 6 heteroatoms. The lowest BCUT2D eigenvalue weighted by atomic mass is 10.0. The summed E-state index contributed by atoms with van der Waals surface area (Å²) in [5, 5.41) is 9.46. The first-order chi connectivity index (χ1) is 37.7. The fourth-order valence-corrected chi connectivity index (χ4v) is 11.9. The first kappa shape index (κ1) is 42.2. The number of benzene rings is 11. The first-order valence-corrected chi connectivity index (χ1v) is 25.8. The van der Waals surface area contributed by atoms with Gasteiger partial charge >= 0.3 is 0 Å². The van der Waals surface area contributed by atoms with E-state index in [0.717, 1.165) is 99.9 Å². The highest BCUT2D eigenvalue weighted by molar-refractivity contribution is 6.14. The number of aromatic nitrogens is 5. The maximum Gasteiger partial charge on any atom is 0.162 e. The lowest BCUT2D eigenvalue weighted by Crippen LogP contribution is -2.02. The molecule has 0 atom stereocenters. The van der Waals surface area contributed by atoms with Crippen LogP contribution in [0, 0.1) is 0 Å². The lowest BCUT2D eigenvalue weighted by molar-refractivity contribution is 0.669. The Bertz CT molecular complexity index is 4980. The van der Waals surface area contributed by atoms with Crippen LogP contribution in [0.25, 0.3) is 149 Å². The third kappa shape index (κ3) is 6.54. The number of hydrogen-bond donors (Lipinski definition) is 0. The second-order valence-electron chi connectivity index (χ2n) is 19.7. The molecule has 16 rings (SSSR count). The van der Waals surface area contributed by atoms with Gasteiger partial charge in [-0.15, -0.1) is 0 Å². The minimum atomic E-state index is 0.665. The van der Waals surface area contributed by atoms with Gasteiger partial charge in [-0.1, -0.05) is 158 Å². The number of nitrogens with zero attached hydrogens (tertiary/aromatic N) is 5. The van der Waals surface area contributed by atoms with E-state index < -0.39 is 0 Å². The molecule has 5 aromatic heterocycles. The molecule has 0 aliphatic rings. The molecule has 5 heterocycles. The number of para-hydroxylation sites is 5. The quantitative estimate of drug-likeness (QED) is 0.160. The summed E-state index contributed by atoms with van der Waals surface area (Å²) in [6.07, 6.45) is 0. The van der Waals surface area contributed by atoms with Crippen molar-refractivity contribution in [3.63, 3.8) is 0 Å². The van der Waals surface area contributed by atoms with E-state index in [1.807, 2.05) is 30.3 Å². The molecule has 0 radical (unpaired) electrons. The smallest absolute Gasteiger partial charge is 0.162 e. The predicted molar refractivity (Wildman–Crippen MR) is 314 cm³/mol. The molecule has 6 nitrogen and oxygen atoms in total. The minimum absolute atomic E-state index is 0.665. The maximum absolute atomic E-state index is 6.32. The van der Waals surface area contributed by atoms with Gasteiger partial charge in [0.1, 0.15) is 17.0 Å². The Kier molecular flexibility index (Phi) is 9.23. The Morgan fingerprint density at radius 1 is 0.250 bits per heavy atom. The van der Waals surface area contributed by atoms with Crippen molar-refractivity contribution in [3.05, 3.63) is 261 Å². The standard InChI is InChI=1S/C70H43N5O/c1-3-15-45(16-4-1)70-71-60(43-69(72-70)75-63-25-13-9-21-54(63)59-41-48(32-38-66(59)75)49-29-35-56-55-22-10-14-26-67(55)76-68(56)42-49)44-27-33-51(34-28-44)74-62-24-12-8-20-53(62)58-40-47(31-37-65(58)74)46-30-36-64-57(39-46)52-19-7-11-23-61(52)73(64)50-17-5-2-6-18-50/h1-43H. The van der Waals surface area contributed by atoms with E-state index in [1.165, 1.54) is 43.7 Å². The highest BCUT2D eigenvalue weighted by Gasteiger charge is 2.20. The van der Waals surface area contributed by atoms with Crippen molar-refractivity contribution in [3.8, 4) is 62.1 Å². The van der Waals surface area contributed by atoms with Crippen LogP contribution < -0.4 is 0 Å². The normalized spacial score (nSPS) is 11.9. The van der Waals surface area contributed by atoms with Gasteiger partial charge in [-0.3, -0.25) is 4.57 Å². The number of furan rings is 1. The summed E-state index contributed by atoms with van der Waals surface area (Å²) in [4.78, 5) is 10.6. The van der Waals surface area contributed by atoms with Gasteiger partial charge in [-0.25, -0.2) is 9.97 Å². The maximum atomic E-state index is 6.32. The van der Waals surface area contributed by atoms with Gasteiger partial charge in [0.05, 0.1) is 38.8 Å². The molecule has 0 bridgehead atoms. The van der Waals surface area contributed by atoms with Crippen molar-refractivity contribution in [2.45, 2.75) is 0 Å². The Hall–Kier alpha value is -10.3. The van der Waals surface area contributed by atoms with Gasteiger partial charge in [0.15, 0.2) is 5.82 Å². The Morgan fingerprint density at radius 3 is 1.26 bits per heavy atom. The van der Waals surface area contributed by atoms with Gasteiger partial charge in [0, 0.05) is 71.7 Å². The number of hydrogen-bond acceptors (Lipinski definition) is 3. The van der Waals surface area contributed by atoms with Crippen LogP contribution in [-0.2, 0) is 0 Å². The van der Waals surface area contributed by atoms with Crippen LogP contribution >= 0.6 is 0 Å². The molecule has 0 saturated carbocycles. The topological polar surface area (TPSA) is 53.7 Å². The zero-order valence-electron chi connectivity index (χ0n) is 41.0. The van der Waals surface area contributed by atoms with Gasteiger partial charge < -0.3 is 13.6 Å². The van der Waals surface area contributed by atoms with Crippen molar-refractivity contribution in [1.29, 1.82) is 0 Å². The SMILES string of the molecule is c1ccc(-c2nc(-c3ccc(-n4c5ccccc5c5cc(-c6ccc7c(c6)c6ccccc6n7-c6ccccc6)ccc54)cc3)cc(-n3c4ccccc4c4cc(-c5ccc6c(c5)oc5ccccc56)ccc43)n2)cc1. The summed E-state index contributed by atoms with van der Waals surface area (Å²) in [5.41, 5.74) is 18.3. The minimum Gasteiger partial charge on any atom is -0.456 e. The van der Waals surface area contributed by atoms with Crippen LogP contribution in [0.1, 0.15) is 0 Å². The fourth-order valence-electron chi connectivity index (χ4n) is 11.9. The van der Waals surface area contributed by atoms with Crippen LogP contribution in [0.4, 0.5) is 0 Å². The molecule has 76 heavy (non-hydrogen) atoms. The van der Waals surface area contributed by atoms with Crippen LogP contribution in [0.5, 0.6) is 0 Å². The summed E-state index contributed by atoms with van der Waals surface area (Å²) in [6, 6.07) is 93.3. The van der Waals surface area contributed by atoms with E-state index >= 15 is 0 Å². The molecule has 0 aliphatic heterocycles. The summed E-state index contributed by atoms with van der Waals surface area (Å²) >= 11 is 0. The molecular weight excluding hydrogens is 927 g/mol. The molecular formula is C70H43N5O. The summed E-state index contributed by atoms with van der Waals surface area (Å²) < 4.78 is 13.4. The third-order valence-electron chi connectivity index (χ3n) is 15.5. The van der Waals surface area contributed by atoms with Crippen molar-refractivity contribution in [2.24, 2.45) is 0 Å². The Labute approximate surface area is 436 Å². The van der Waals surface area contributed by atoms with Crippen molar-refractivity contribution in [1.82, 2.24) is 23.7 Å². The molecule has 0 aliphatic carbocycles. The molecule has 0 fully saturated rings. The van der Waals surface area contributed by atoms with Crippen molar-refractivity contribution < 1.29 is 4.42 Å². The Morgan fingerprint density at radius 2 is 0.671 bits per heavy atom.